The van der Waals surface area contributed by atoms with Crippen molar-refractivity contribution in [2.24, 2.45) is 11.7 Å². The summed E-state index contributed by atoms with van der Waals surface area (Å²) in [6.07, 6.45) is 0. The first-order valence-electron chi connectivity index (χ1n) is 5.25. The predicted octanol–water partition coefficient (Wildman–Crippen LogP) is 2.41. The molecule has 1 rings (SSSR count). The molecular weight excluding hydrogens is 300 g/mol. The number of benzene rings is 1. The van der Waals surface area contributed by atoms with Crippen LogP contribution in [-0.4, -0.2) is 17.4 Å². The maximum Gasteiger partial charge on any atom is 0.251 e. The molecule has 0 aliphatic heterocycles. The van der Waals surface area contributed by atoms with Gasteiger partial charge < -0.3 is 11.1 Å². The lowest BCUT2D eigenvalue weighted by Crippen LogP contribution is -2.33. The van der Waals surface area contributed by atoms with E-state index < -0.39 is 0 Å². The highest BCUT2D eigenvalue weighted by atomic mass is 79.9. The summed E-state index contributed by atoms with van der Waals surface area (Å²) in [6, 6.07) is 5.48. The average Bonchev–Trinajstić information content (AvgIpc) is 2.28. The van der Waals surface area contributed by atoms with Crippen LogP contribution in [0, 0.1) is 12.8 Å². The summed E-state index contributed by atoms with van der Waals surface area (Å²) in [5.74, 6) is -0.103. The number of nitrogens with two attached hydrogens (primary N) is 1. The van der Waals surface area contributed by atoms with Crippen LogP contribution in [0.5, 0.6) is 0 Å². The van der Waals surface area contributed by atoms with Crippen molar-refractivity contribution in [1.82, 2.24) is 5.32 Å². The first kappa shape index (κ1) is 14.1. The summed E-state index contributed by atoms with van der Waals surface area (Å²) in [5, 5.41) is 2.80. The molecule has 3 nitrogen and oxygen atoms in total. The van der Waals surface area contributed by atoms with Crippen molar-refractivity contribution in [2.75, 3.05) is 6.54 Å². The summed E-state index contributed by atoms with van der Waals surface area (Å²) < 4.78 is 0.991. The zero-order valence-electron chi connectivity index (χ0n) is 9.79. The van der Waals surface area contributed by atoms with E-state index in [0.29, 0.717) is 17.1 Å². The van der Waals surface area contributed by atoms with Gasteiger partial charge in [-0.05, 0) is 30.7 Å². The fraction of sp³-hybridized carbons (Fsp3) is 0.333. The Kier molecular flexibility index (Phi) is 5.08. The first-order chi connectivity index (χ1) is 7.91. The van der Waals surface area contributed by atoms with E-state index in [0.717, 1.165) is 10.0 Å². The number of aryl methyl sites for hydroxylation is 1. The quantitative estimate of drug-likeness (QED) is 0.839. The highest BCUT2D eigenvalue weighted by molar-refractivity contribution is 9.10. The highest BCUT2D eigenvalue weighted by Gasteiger charge is 2.10. The smallest absolute Gasteiger partial charge is 0.251 e. The van der Waals surface area contributed by atoms with Gasteiger partial charge in [-0.25, -0.2) is 0 Å². The van der Waals surface area contributed by atoms with Crippen LogP contribution >= 0.6 is 28.1 Å². The van der Waals surface area contributed by atoms with E-state index in [1.54, 1.807) is 6.07 Å². The molecule has 0 aliphatic carbocycles. The van der Waals surface area contributed by atoms with Crippen LogP contribution in [-0.2, 0) is 0 Å². The predicted molar refractivity (Wildman–Crippen MR) is 77.2 cm³/mol. The van der Waals surface area contributed by atoms with Crippen molar-refractivity contribution in [3.05, 3.63) is 33.8 Å². The molecule has 0 bridgehead atoms. The van der Waals surface area contributed by atoms with Crippen molar-refractivity contribution in [1.29, 1.82) is 0 Å². The molecule has 92 valence electrons. The molecule has 0 fully saturated rings. The van der Waals surface area contributed by atoms with Gasteiger partial charge in [0.1, 0.15) is 0 Å². The Labute approximate surface area is 115 Å². The van der Waals surface area contributed by atoms with Crippen molar-refractivity contribution < 1.29 is 4.79 Å². The zero-order valence-corrected chi connectivity index (χ0v) is 12.2. The summed E-state index contributed by atoms with van der Waals surface area (Å²) >= 11 is 8.24. The summed E-state index contributed by atoms with van der Waals surface area (Å²) in [5.41, 5.74) is 7.15. The Hall–Kier alpha value is -0.940. The first-order valence-corrected chi connectivity index (χ1v) is 6.45. The van der Waals surface area contributed by atoms with Crippen LogP contribution in [0.25, 0.3) is 0 Å². The van der Waals surface area contributed by atoms with Crippen LogP contribution in [0.15, 0.2) is 22.7 Å². The van der Waals surface area contributed by atoms with E-state index >= 15 is 0 Å². The lowest BCUT2D eigenvalue weighted by atomic mass is 10.1. The van der Waals surface area contributed by atoms with E-state index in [1.807, 2.05) is 26.0 Å². The third kappa shape index (κ3) is 4.09. The number of carbonyl (C=O) groups excluding carboxylic acids is 1. The maximum atomic E-state index is 11.8. The fourth-order valence-corrected chi connectivity index (χ4v) is 1.56. The minimum atomic E-state index is -0.108. The lowest BCUT2D eigenvalue weighted by molar-refractivity contribution is 0.0951. The molecule has 1 aromatic rings. The second-order valence-electron chi connectivity index (χ2n) is 3.98. The van der Waals surface area contributed by atoms with Crippen LogP contribution in [0.4, 0.5) is 0 Å². The largest absolute Gasteiger partial charge is 0.393 e. The highest BCUT2D eigenvalue weighted by Crippen LogP contribution is 2.16. The van der Waals surface area contributed by atoms with Gasteiger partial charge in [0, 0.05) is 22.5 Å². The fourth-order valence-electron chi connectivity index (χ4n) is 1.23. The topological polar surface area (TPSA) is 55.1 Å². The number of hydrogen-bond donors (Lipinski definition) is 2. The van der Waals surface area contributed by atoms with Gasteiger partial charge in [0.25, 0.3) is 5.91 Å². The van der Waals surface area contributed by atoms with Crippen molar-refractivity contribution in [3.8, 4) is 0 Å². The molecule has 0 spiro atoms. The van der Waals surface area contributed by atoms with Crippen molar-refractivity contribution in [2.45, 2.75) is 13.8 Å². The number of rotatable bonds is 4. The van der Waals surface area contributed by atoms with Crippen LogP contribution in [0.3, 0.4) is 0 Å². The molecule has 17 heavy (non-hydrogen) atoms. The Bertz CT molecular complexity index is 448. The third-order valence-corrected chi connectivity index (χ3v) is 3.77. The van der Waals surface area contributed by atoms with E-state index in [1.165, 1.54) is 0 Å². The normalized spacial score (nSPS) is 11.9. The van der Waals surface area contributed by atoms with E-state index in [2.05, 4.69) is 21.2 Å². The molecule has 0 aliphatic rings. The van der Waals surface area contributed by atoms with Gasteiger partial charge in [-0.2, -0.15) is 0 Å². The van der Waals surface area contributed by atoms with Gasteiger partial charge in [-0.3, -0.25) is 4.79 Å². The number of nitrogens with one attached hydrogen (secondary N) is 1. The number of amides is 1. The monoisotopic (exact) mass is 314 g/mol. The van der Waals surface area contributed by atoms with Gasteiger partial charge in [0.15, 0.2) is 0 Å². The minimum Gasteiger partial charge on any atom is -0.393 e. The molecule has 1 amide bonds. The molecule has 0 saturated carbocycles. The standard InChI is InChI=1S/C12H15BrN2OS/c1-7-5-9(3-4-10(7)13)12(16)15-6-8(2)11(14)17/h3-5,8H,6H2,1-2H3,(H2,14,17)(H,15,16). The number of hydrogen-bond acceptors (Lipinski definition) is 2. The Morgan fingerprint density at radius 2 is 2.24 bits per heavy atom. The second-order valence-corrected chi connectivity index (χ2v) is 5.30. The summed E-state index contributed by atoms with van der Waals surface area (Å²) in [4.78, 5) is 12.2. The van der Waals surface area contributed by atoms with Gasteiger partial charge in [-0.15, -0.1) is 0 Å². The van der Waals surface area contributed by atoms with E-state index in [-0.39, 0.29) is 11.8 Å². The lowest BCUT2D eigenvalue weighted by Gasteiger charge is -2.11. The Morgan fingerprint density at radius 3 is 2.76 bits per heavy atom. The van der Waals surface area contributed by atoms with E-state index in [4.69, 9.17) is 18.0 Å². The molecule has 1 aromatic carbocycles. The molecule has 0 saturated heterocycles. The van der Waals surface area contributed by atoms with Crippen molar-refractivity contribution in [3.63, 3.8) is 0 Å². The van der Waals surface area contributed by atoms with Gasteiger partial charge in [0.05, 0.1) is 4.99 Å². The Morgan fingerprint density at radius 1 is 1.59 bits per heavy atom. The molecular formula is C12H15BrN2OS. The molecule has 0 heterocycles. The van der Waals surface area contributed by atoms with Crippen molar-refractivity contribution >= 4 is 39.0 Å². The summed E-state index contributed by atoms with van der Waals surface area (Å²) in [6.45, 7) is 4.29. The molecule has 1 atom stereocenters. The molecule has 5 heteroatoms. The number of carbonyl (C=O) groups is 1. The number of halogens is 1. The van der Waals surface area contributed by atoms with Gasteiger partial charge in [0.2, 0.25) is 0 Å². The molecule has 1 unspecified atom stereocenters. The second kappa shape index (κ2) is 6.12. The Balaban J connectivity index is 2.64. The van der Waals surface area contributed by atoms with Crippen LogP contribution in [0.1, 0.15) is 22.8 Å². The number of thiocarbonyl (C=S) groups is 1. The van der Waals surface area contributed by atoms with Crippen LogP contribution < -0.4 is 11.1 Å². The molecule has 0 radical (unpaired) electrons. The van der Waals surface area contributed by atoms with Gasteiger partial charge >= 0.3 is 0 Å². The molecule has 3 N–H and O–H groups in total. The maximum absolute atomic E-state index is 11.8. The zero-order chi connectivity index (χ0) is 13.0. The minimum absolute atomic E-state index is 0.00509. The third-order valence-electron chi connectivity index (χ3n) is 2.47. The molecule has 0 aromatic heterocycles. The van der Waals surface area contributed by atoms with E-state index in [9.17, 15) is 4.79 Å². The summed E-state index contributed by atoms with van der Waals surface area (Å²) in [7, 11) is 0. The SMILES string of the molecule is Cc1cc(C(=O)NCC(C)C(N)=S)ccc1Br. The van der Waals surface area contributed by atoms with Gasteiger partial charge in [-0.1, -0.05) is 35.1 Å². The average molecular weight is 315 g/mol. The van der Waals surface area contributed by atoms with Crippen LogP contribution in [0.2, 0.25) is 0 Å².